The Morgan fingerprint density at radius 3 is 2.82 bits per heavy atom. The SMILES string of the molecule is CCOC(=O)Nc1ccc2c(CN3C(=O)NC4(CCCc5ccccc54)C3=O)cc(=O)oc2c1. The van der Waals surface area contributed by atoms with Gasteiger partial charge in [0.15, 0.2) is 0 Å². The van der Waals surface area contributed by atoms with Gasteiger partial charge in [-0.2, -0.15) is 0 Å². The molecule has 1 atom stereocenters. The lowest BCUT2D eigenvalue weighted by atomic mass is 9.76. The molecule has 1 fully saturated rings. The maximum atomic E-state index is 13.6. The molecule has 4 amide bonds. The highest BCUT2D eigenvalue weighted by Crippen LogP contribution is 2.40. The Kier molecular flexibility index (Phi) is 5.31. The smallest absolute Gasteiger partial charge is 0.411 e. The average molecular weight is 461 g/mol. The van der Waals surface area contributed by atoms with Crippen molar-refractivity contribution in [1.29, 1.82) is 0 Å². The molecule has 9 nitrogen and oxygen atoms in total. The van der Waals surface area contributed by atoms with E-state index in [-0.39, 0.29) is 24.6 Å². The predicted molar refractivity (Wildman–Crippen MR) is 123 cm³/mol. The summed E-state index contributed by atoms with van der Waals surface area (Å²) in [5.74, 6) is -0.327. The Hall–Kier alpha value is -4.14. The summed E-state index contributed by atoms with van der Waals surface area (Å²) in [6.07, 6.45) is 1.53. The third kappa shape index (κ3) is 3.59. The first-order valence-electron chi connectivity index (χ1n) is 11.1. The predicted octanol–water partition coefficient (Wildman–Crippen LogP) is 3.65. The van der Waals surface area contributed by atoms with Crippen LogP contribution in [-0.2, 0) is 28.0 Å². The van der Waals surface area contributed by atoms with Crippen molar-refractivity contribution in [2.75, 3.05) is 11.9 Å². The quantitative estimate of drug-likeness (QED) is 0.452. The van der Waals surface area contributed by atoms with Gasteiger partial charge in [0.05, 0.1) is 13.2 Å². The number of fused-ring (bicyclic) bond motifs is 3. The minimum absolute atomic E-state index is 0.0820. The largest absolute Gasteiger partial charge is 0.450 e. The normalized spacial score (nSPS) is 19.3. The van der Waals surface area contributed by atoms with Crippen LogP contribution in [0.5, 0.6) is 0 Å². The van der Waals surface area contributed by atoms with Crippen LogP contribution in [0.15, 0.2) is 57.7 Å². The first-order valence-corrected chi connectivity index (χ1v) is 11.1. The van der Waals surface area contributed by atoms with Gasteiger partial charge >= 0.3 is 17.7 Å². The summed E-state index contributed by atoms with van der Waals surface area (Å²) in [5, 5.41) is 6.04. The second kappa shape index (κ2) is 8.33. The number of nitrogens with one attached hydrogen (secondary N) is 2. The molecule has 174 valence electrons. The summed E-state index contributed by atoms with van der Waals surface area (Å²) >= 11 is 0. The Labute approximate surface area is 194 Å². The van der Waals surface area contributed by atoms with Gasteiger partial charge in [-0.3, -0.25) is 15.0 Å². The highest BCUT2D eigenvalue weighted by Gasteiger charge is 2.53. The average Bonchev–Trinajstić information content (AvgIpc) is 3.04. The number of hydrogen-bond acceptors (Lipinski definition) is 6. The molecule has 1 saturated heterocycles. The number of benzene rings is 2. The van der Waals surface area contributed by atoms with Crippen LogP contribution >= 0.6 is 0 Å². The molecule has 0 radical (unpaired) electrons. The van der Waals surface area contributed by atoms with E-state index in [0.717, 1.165) is 28.9 Å². The van der Waals surface area contributed by atoms with Gasteiger partial charge < -0.3 is 14.5 Å². The highest BCUT2D eigenvalue weighted by molar-refractivity contribution is 6.08. The molecule has 1 aliphatic heterocycles. The lowest BCUT2D eigenvalue weighted by molar-refractivity contribution is -0.132. The minimum atomic E-state index is -1.09. The van der Waals surface area contributed by atoms with Crippen molar-refractivity contribution < 1.29 is 23.5 Å². The molecule has 2 aliphatic rings. The van der Waals surface area contributed by atoms with E-state index in [9.17, 15) is 19.2 Å². The van der Waals surface area contributed by atoms with Crippen LogP contribution in [0.4, 0.5) is 15.3 Å². The Balaban J connectivity index is 1.48. The number of anilines is 1. The third-order valence-corrected chi connectivity index (χ3v) is 6.33. The molecular formula is C25H23N3O6. The van der Waals surface area contributed by atoms with E-state index in [4.69, 9.17) is 9.15 Å². The van der Waals surface area contributed by atoms with Crippen LogP contribution in [-0.4, -0.2) is 29.5 Å². The van der Waals surface area contributed by atoms with E-state index in [2.05, 4.69) is 10.6 Å². The minimum Gasteiger partial charge on any atom is -0.450 e. The third-order valence-electron chi connectivity index (χ3n) is 6.33. The standard InChI is InChI=1S/C25H23N3O6/c1-2-33-24(32)26-17-9-10-18-16(12-21(29)34-20(18)13-17)14-28-22(30)25(27-23(28)31)11-5-7-15-6-3-4-8-19(15)25/h3-4,6,8-10,12-13H,2,5,7,11,14H2,1H3,(H,26,32)(H,27,31). The van der Waals surface area contributed by atoms with Gasteiger partial charge in [-0.15, -0.1) is 0 Å². The molecule has 1 unspecified atom stereocenters. The summed E-state index contributed by atoms with van der Waals surface area (Å²) in [7, 11) is 0. The van der Waals surface area contributed by atoms with Gasteiger partial charge in [-0.25, -0.2) is 14.4 Å². The number of hydrogen-bond donors (Lipinski definition) is 2. The second-order valence-corrected chi connectivity index (χ2v) is 8.38. The lowest BCUT2D eigenvalue weighted by Gasteiger charge is -2.33. The molecule has 34 heavy (non-hydrogen) atoms. The zero-order valence-corrected chi connectivity index (χ0v) is 18.6. The van der Waals surface area contributed by atoms with Crippen molar-refractivity contribution in [2.24, 2.45) is 0 Å². The summed E-state index contributed by atoms with van der Waals surface area (Å²) in [6, 6.07) is 13.2. The Bertz CT molecular complexity index is 1380. The van der Waals surface area contributed by atoms with Crippen LogP contribution in [0.3, 0.4) is 0 Å². The van der Waals surface area contributed by atoms with Crippen LogP contribution in [0, 0.1) is 0 Å². The first-order chi connectivity index (χ1) is 16.4. The maximum Gasteiger partial charge on any atom is 0.411 e. The number of aryl methyl sites for hydroxylation is 1. The fourth-order valence-electron chi connectivity index (χ4n) is 4.85. The number of amides is 4. The summed E-state index contributed by atoms with van der Waals surface area (Å²) < 4.78 is 10.2. The van der Waals surface area contributed by atoms with E-state index in [1.807, 2.05) is 24.3 Å². The van der Waals surface area contributed by atoms with Crippen molar-refractivity contribution in [3.8, 4) is 0 Å². The number of imide groups is 1. The van der Waals surface area contributed by atoms with Gasteiger partial charge in [0.2, 0.25) is 0 Å². The van der Waals surface area contributed by atoms with Crippen LogP contribution in [0.25, 0.3) is 11.0 Å². The maximum absolute atomic E-state index is 13.6. The molecular weight excluding hydrogens is 438 g/mol. The molecule has 9 heteroatoms. The molecule has 2 aromatic carbocycles. The Morgan fingerprint density at radius 2 is 2.00 bits per heavy atom. The molecule has 0 bridgehead atoms. The van der Waals surface area contributed by atoms with Gasteiger partial charge in [0.1, 0.15) is 11.1 Å². The second-order valence-electron chi connectivity index (χ2n) is 8.38. The number of ether oxygens (including phenoxy) is 1. The molecule has 5 rings (SSSR count). The molecule has 2 heterocycles. The van der Waals surface area contributed by atoms with Crippen LogP contribution in [0.2, 0.25) is 0 Å². The summed E-state index contributed by atoms with van der Waals surface area (Å²) in [4.78, 5) is 51.7. The molecule has 2 N–H and O–H groups in total. The first kappa shape index (κ1) is 21.7. The topological polar surface area (TPSA) is 118 Å². The van der Waals surface area contributed by atoms with E-state index in [0.29, 0.717) is 23.1 Å². The fraction of sp³-hybridized carbons (Fsp3) is 0.280. The van der Waals surface area contributed by atoms with Crippen LogP contribution in [0.1, 0.15) is 36.5 Å². The van der Waals surface area contributed by atoms with Crippen molar-refractivity contribution in [1.82, 2.24) is 10.2 Å². The van der Waals surface area contributed by atoms with Gasteiger partial charge in [-0.1, -0.05) is 24.3 Å². The number of rotatable bonds is 4. The number of carbonyl (C=O) groups is 3. The lowest BCUT2D eigenvalue weighted by Crippen LogP contribution is -2.46. The molecule has 1 aliphatic carbocycles. The highest BCUT2D eigenvalue weighted by atomic mass is 16.5. The molecule has 1 spiro atoms. The van der Waals surface area contributed by atoms with E-state index in [1.54, 1.807) is 19.1 Å². The number of urea groups is 1. The summed E-state index contributed by atoms with van der Waals surface area (Å²) in [5.41, 5.74) is 1.25. The van der Waals surface area contributed by atoms with Gasteiger partial charge in [0, 0.05) is 23.2 Å². The van der Waals surface area contributed by atoms with Crippen molar-refractivity contribution in [3.63, 3.8) is 0 Å². The molecule has 1 aromatic heterocycles. The summed E-state index contributed by atoms with van der Waals surface area (Å²) in [6.45, 7) is 1.83. The Morgan fingerprint density at radius 1 is 1.18 bits per heavy atom. The van der Waals surface area contributed by atoms with Crippen LogP contribution < -0.4 is 16.3 Å². The number of carbonyl (C=O) groups excluding carboxylic acids is 3. The van der Waals surface area contributed by atoms with Crippen molar-refractivity contribution >= 4 is 34.7 Å². The zero-order valence-electron chi connectivity index (χ0n) is 18.6. The van der Waals surface area contributed by atoms with Crippen molar-refractivity contribution in [2.45, 2.75) is 38.3 Å². The van der Waals surface area contributed by atoms with E-state index in [1.165, 1.54) is 12.1 Å². The van der Waals surface area contributed by atoms with Gasteiger partial charge in [-0.05, 0) is 55.0 Å². The molecule has 3 aromatic rings. The van der Waals surface area contributed by atoms with E-state index >= 15 is 0 Å². The number of nitrogens with zero attached hydrogens (tertiary/aromatic N) is 1. The zero-order chi connectivity index (χ0) is 23.9. The molecule has 0 saturated carbocycles. The fourth-order valence-corrected chi connectivity index (χ4v) is 4.85. The van der Waals surface area contributed by atoms with E-state index < -0.39 is 23.3 Å². The monoisotopic (exact) mass is 461 g/mol. The van der Waals surface area contributed by atoms with Gasteiger partial charge in [0.25, 0.3) is 5.91 Å². The van der Waals surface area contributed by atoms with Crippen molar-refractivity contribution in [3.05, 3.63) is 75.6 Å².